The molecule has 0 saturated carbocycles. The first-order valence-electron chi connectivity index (χ1n) is 6.54. The van der Waals surface area contributed by atoms with E-state index in [0.717, 1.165) is 22.2 Å². The Hall–Kier alpha value is -1.40. The van der Waals surface area contributed by atoms with Crippen LogP contribution >= 0.6 is 15.9 Å². The van der Waals surface area contributed by atoms with E-state index in [9.17, 15) is 0 Å². The molecular formula is C14H18BrN3O2. The van der Waals surface area contributed by atoms with Crippen molar-refractivity contribution in [1.29, 1.82) is 0 Å². The van der Waals surface area contributed by atoms with E-state index in [4.69, 9.17) is 9.15 Å². The number of aromatic nitrogens is 2. The normalized spacial score (nSPS) is 12.4. The van der Waals surface area contributed by atoms with Crippen molar-refractivity contribution in [3.05, 3.63) is 40.0 Å². The molecule has 1 atom stereocenters. The predicted octanol–water partition coefficient (Wildman–Crippen LogP) is 3.25. The standard InChI is InChI=1S/C14H18BrN3O2/c1-4-13-17-18-14(20-13)8-19-12-6-5-10(15)7-11(12)9(2)16-3/h5-7,9,16H,4,8H2,1-3H3. The molecule has 20 heavy (non-hydrogen) atoms. The van der Waals surface area contributed by atoms with Gasteiger partial charge < -0.3 is 14.5 Å². The van der Waals surface area contributed by atoms with Crippen LogP contribution in [0.25, 0.3) is 0 Å². The fraction of sp³-hybridized carbons (Fsp3) is 0.429. The molecule has 0 aliphatic heterocycles. The Morgan fingerprint density at radius 2 is 2.10 bits per heavy atom. The van der Waals surface area contributed by atoms with E-state index in [-0.39, 0.29) is 12.6 Å². The van der Waals surface area contributed by atoms with Crippen LogP contribution < -0.4 is 10.1 Å². The number of nitrogens with one attached hydrogen (secondary N) is 1. The minimum Gasteiger partial charge on any atom is -0.483 e. The van der Waals surface area contributed by atoms with E-state index in [0.29, 0.717) is 11.8 Å². The molecule has 0 fully saturated rings. The monoisotopic (exact) mass is 339 g/mol. The van der Waals surface area contributed by atoms with Crippen LogP contribution in [0.4, 0.5) is 0 Å². The number of hydrogen-bond donors (Lipinski definition) is 1. The topological polar surface area (TPSA) is 60.2 Å². The van der Waals surface area contributed by atoms with Crippen molar-refractivity contribution in [3.8, 4) is 5.75 Å². The first kappa shape index (κ1) is 15.0. The molecule has 0 aliphatic rings. The second kappa shape index (κ2) is 6.85. The average molecular weight is 340 g/mol. The predicted molar refractivity (Wildman–Crippen MR) is 79.6 cm³/mol. The van der Waals surface area contributed by atoms with Gasteiger partial charge in [0.05, 0.1) is 0 Å². The van der Waals surface area contributed by atoms with E-state index < -0.39 is 0 Å². The highest BCUT2D eigenvalue weighted by Gasteiger charge is 2.12. The summed E-state index contributed by atoms with van der Waals surface area (Å²) in [6, 6.07) is 6.12. The maximum absolute atomic E-state index is 5.80. The highest BCUT2D eigenvalue weighted by molar-refractivity contribution is 9.10. The molecule has 0 spiro atoms. The third-order valence-corrected chi connectivity index (χ3v) is 3.53. The number of nitrogens with zero attached hydrogens (tertiary/aromatic N) is 2. The van der Waals surface area contributed by atoms with Crippen LogP contribution in [0, 0.1) is 0 Å². The number of aryl methyl sites for hydroxylation is 1. The minimum absolute atomic E-state index is 0.191. The second-order valence-electron chi connectivity index (χ2n) is 4.42. The lowest BCUT2D eigenvalue weighted by Gasteiger charge is -2.16. The molecule has 2 rings (SSSR count). The van der Waals surface area contributed by atoms with Crippen LogP contribution in [0.15, 0.2) is 27.1 Å². The lowest BCUT2D eigenvalue weighted by Crippen LogP contribution is -2.13. The van der Waals surface area contributed by atoms with Crippen LogP contribution in [0.2, 0.25) is 0 Å². The largest absolute Gasteiger partial charge is 0.483 e. The Morgan fingerprint density at radius 3 is 2.75 bits per heavy atom. The number of benzene rings is 1. The zero-order valence-electron chi connectivity index (χ0n) is 11.8. The zero-order valence-corrected chi connectivity index (χ0v) is 13.4. The summed E-state index contributed by atoms with van der Waals surface area (Å²) in [4.78, 5) is 0. The highest BCUT2D eigenvalue weighted by Crippen LogP contribution is 2.29. The SMILES string of the molecule is CCc1nnc(COc2ccc(Br)cc2C(C)NC)o1. The maximum Gasteiger partial charge on any atom is 0.253 e. The third-order valence-electron chi connectivity index (χ3n) is 3.03. The van der Waals surface area contributed by atoms with Crippen molar-refractivity contribution in [2.75, 3.05) is 7.05 Å². The maximum atomic E-state index is 5.80. The van der Waals surface area contributed by atoms with Crippen LogP contribution in [0.3, 0.4) is 0 Å². The van der Waals surface area contributed by atoms with Gasteiger partial charge in [-0.2, -0.15) is 0 Å². The van der Waals surface area contributed by atoms with Gasteiger partial charge in [-0.1, -0.05) is 22.9 Å². The number of rotatable bonds is 6. The van der Waals surface area contributed by atoms with Gasteiger partial charge >= 0.3 is 0 Å². The molecule has 1 unspecified atom stereocenters. The van der Waals surface area contributed by atoms with Crippen molar-refractivity contribution in [3.63, 3.8) is 0 Å². The molecule has 1 aromatic heterocycles. The highest BCUT2D eigenvalue weighted by atomic mass is 79.9. The van der Waals surface area contributed by atoms with Crippen molar-refractivity contribution in [1.82, 2.24) is 15.5 Å². The van der Waals surface area contributed by atoms with Gasteiger partial charge in [0.1, 0.15) is 5.75 Å². The molecule has 0 saturated heterocycles. The molecule has 108 valence electrons. The van der Waals surface area contributed by atoms with E-state index in [1.54, 1.807) is 0 Å². The van der Waals surface area contributed by atoms with E-state index in [2.05, 4.69) is 38.4 Å². The molecule has 0 aliphatic carbocycles. The van der Waals surface area contributed by atoms with Gasteiger partial charge in [0.15, 0.2) is 6.61 Å². The first-order valence-corrected chi connectivity index (χ1v) is 7.34. The molecule has 0 bridgehead atoms. The van der Waals surface area contributed by atoms with Gasteiger partial charge in [-0.05, 0) is 32.2 Å². The van der Waals surface area contributed by atoms with Gasteiger partial charge in [0, 0.05) is 22.5 Å². The summed E-state index contributed by atoms with van der Waals surface area (Å²) in [6.07, 6.45) is 0.729. The summed E-state index contributed by atoms with van der Waals surface area (Å²) in [5.41, 5.74) is 1.08. The summed E-state index contributed by atoms with van der Waals surface area (Å²) in [7, 11) is 1.92. The summed E-state index contributed by atoms with van der Waals surface area (Å²) in [6.45, 7) is 4.33. The Bertz CT molecular complexity index is 571. The van der Waals surface area contributed by atoms with Gasteiger partial charge in [-0.15, -0.1) is 10.2 Å². The second-order valence-corrected chi connectivity index (χ2v) is 5.34. The van der Waals surface area contributed by atoms with E-state index >= 15 is 0 Å². The van der Waals surface area contributed by atoms with Gasteiger partial charge in [0.2, 0.25) is 5.89 Å². The molecule has 6 heteroatoms. The molecule has 1 heterocycles. The minimum atomic E-state index is 0.191. The Balaban J connectivity index is 2.12. The number of hydrogen-bond acceptors (Lipinski definition) is 5. The molecule has 1 aromatic carbocycles. The Morgan fingerprint density at radius 1 is 1.35 bits per heavy atom. The summed E-state index contributed by atoms with van der Waals surface area (Å²) < 4.78 is 12.3. The number of ether oxygens (including phenoxy) is 1. The Labute approximate surface area is 126 Å². The number of halogens is 1. The van der Waals surface area contributed by atoms with Crippen molar-refractivity contribution in [2.45, 2.75) is 32.9 Å². The zero-order chi connectivity index (χ0) is 14.5. The summed E-state index contributed by atoms with van der Waals surface area (Å²) >= 11 is 3.48. The fourth-order valence-corrected chi connectivity index (χ4v) is 2.15. The fourth-order valence-electron chi connectivity index (χ4n) is 1.77. The summed E-state index contributed by atoms with van der Waals surface area (Å²) in [5.74, 6) is 1.93. The third kappa shape index (κ3) is 3.58. The van der Waals surface area contributed by atoms with Crippen molar-refractivity contribution >= 4 is 15.9 Å². The van der Waals surface area contributed by atoms with Crippen LogP contribution in [0.1, 0.15) is 37.2 Å². The van der Waals surface area contributed by atoms with Gasteiger partial charge in [-0.25, -0.2) is 0 Å². The van der Waals surface area contributed by atoms with Crippen LogP contribution in [0.5, 0.6) is 5.75 Å². The Kier molecular flexibility index (Phi) is 5.14. The van der Waals surface area contributed by atoms with Gasteiger partial charge in [0.25, 0.3) is 5.89 Å². The lowest BCUT2D eigenvalue weighted by molar-refractivity contribution is 0.255. The molecular weight excluding hydrogens is 322 g/mol. The van der Waals surface area contributed by atoms with E-state index in [1.807, 2.05) is 32.2 Å². The summed E-state index contributed by atoms with van der Waals surface area (Å²) in [5, 5.41) is 11.1. The van der Waals surface area contributed by atoms with Crippen molar-refractivity contribution in [2.24, 2.45) is 0 Å². The van der Waals surface area contributed by atoms with Crippen molar-refractivity contribution < 1.29 is 9.15 Å². The molecule has 5 nitrogen and oxygen atoms in total. The lowest BCUT2D eigenvalue weighted by atomic mass is 10.1. The van der Waals surface area contributed by atoms with E-state index in [1.165, 1.54) is 0 Å². The van der Waals surface area contributed by atoms with Crippen LogP contribution in [-0.4, -0.2) is 17.2 Å². The molecule has 0 radical (unpaired) electrons. The molecule has 0 amide bonds. The van der Waals surface area contributed by atoms with Crippen LogP contribution in [-0.2, 0) is 13.0 Å². The first-order chi connectivity index (χ1) is 9.63. The molecule has 2 aromatic rings. The quantitative estimate of drug-likeness (QED) is 0.875. The molecule has 1 N–H and O–H groups in total. The average Bonchev–Trinajstić information content (AvgIpc) is 2.93. The van der Waals surface area contributed by atoms with Gasteiger partial charge in [-0.3, -0.25) is 0 Å². The smallest absolute Gasteiger partial charge is 0.253 e.